The summed E-state index contributed by atoms with van der Waals surface area (Å²) in [6.07, 6.45) is 2.89. The van der Waals surface area contributed by atoms with E-state index in [1.807, 2.05) is 54.6 Å². The number of ketones is 1. The molecule has 0 atom stereocenters. The van der Waals surface area contributed by atoms with E-state index in [0.717, 1.165) is 24.1 Å². The van der Waals surface area contributed by atoms with Gasteiger partial charge in [-0.1, -0.05) is 42.5 Å². The first-order valence-corrected chi connectivity index (χ1v) is 10.5. The number of hydrogen-bond donors (Lipinski definition) is 2. The number of unbranched alkanes of at least 4 members (excludes halogenated alkanes) is 1. The van der Waals surface area contributed by atoms with Gasteiger partial charge in [-0.05, 0) is 49.3 Å². The van der Waals surface area contributed by atoms with Gasteiger partial charge in [0.05, 0.1) is 0 Å². The summed E-state index contributed by atoms with van der Waals surface area (Å²) in [5.41, 5.74) is 2.61. The van der Waals surface area contributed by atoms with E-state index >= 15 is 0 Å². The average molecular weight is 408 g/mol. The van der Waals surface area contributed by atoms with Crippen molar-refractivity contribution in [3.8, 4) is 0 Å². The maximum atomic E-state index is 12.3. The Bertz CT molecular complexity index is 874. The van der Waals surface area contributed by atoms with Crippen LogP contribution >= 0.6 is 0 Å². The maximum Gasteiger partial charge on any atom is 0.407 e. The van der Waals surface area contributed by atoms with Gasteiger partial charge in [-0.25, -0.2) is 4.79 Å². The number of nitrogens with one attached hydrogen (secondary N) is 1. The normalized spacial score (nSPS) is 14.3. The van der Waals surface area contributed by atoms with Gasteiger partial charge in [0.2, 0.25) is 5.91 Å². The van der Waals surface area contributed by atoms with Crippen LogP contribution in [0.4, 0.5) is 10.5 Å². The molecule has 1 fully saturated rings. The minimum atomic E-state index is -0.861. The molecule has 2 amide bonds. The third-order valence-corrected chi connectivity index (χ3v) is 5.56. The number of amides is 2. The third kappa shape index (κ3) is 6.17. The van der Waals surface area contributed by atoms with Crippen LogP contribution in [0, 0.1) is 0 Å². The van der Waals surface area contributed by atoms with Crippen molar-refractivity contribution in [3.63, 3.8) is 0 Å². The number of Topliss-reactive ketones (excluding diaryl/α,β-unsaturated/α-hetero) is 1. The molecule has 6 nitrogen and oxygen atoms in total. The Morgan fingerprint density at radius 1 is 0.933 bits per heavy atom. The molecule has 0 spiro atoms. The van der Waals surface area contributed by atoms with Crippen molar-refractivity contribution in [2.75, 3.05) is 18.4 Å². The fraction of sp³-hybridized carbons (Fsp3) is 0.375. The maximum absolute atomic E-state index is 12.3. The van der Waals surface area contributed by atoms with E-state index in [-0.39, 0.29) is 11.7 Å². The highest BCUT2D eigenvalue weighted by molar-refractivity contribution is 5.96. The lowest BCUT2D eigenvalue weighted by atomic mass is 9.89. The van der Waals surface area contributed by atoms with Crippen LogP contribution in [-0.4, -0.2) is 40.9 Å². The molecule has 2 N–H and O–H groups in total. The second kappa shape index (κ2) is 10.6. The zero-order valence-corrected chi connectivity index (χ0v) is 17.0. The number of benzene rings is 2. The summed E-state index contributed by atoms with van der Waals surface area (Å²) in [4.78, 5) is 36.9. The summed E-state index contributed by atoms with van der Waals surface area (Å²) >= 11 is 0. The fourth-order valence-corrected chi connectivity index (χ4v) is 3.84. The van der Waals surface area contributed by atoms with E-state index in [0.29, 0.717) is 50.3 Å². The Balaban J connectivity index is 1.42. The van der Waals surface area contributed by atoms with Gasteiger partial charge in [0.15, 0.2) is 5.78 Å². The molecule has 0 radical (unpaired) electrons. The van der Waals surface area contributed by atoms with E-state index in [4.69, 9.17) is 5.11 Å². The quantitative estimate of drug-likeness (QED) is 0.479. The molecule has 0 unspecified atom stereocenters. The van der Waals surface area contributed by atoms with Gasteiger partial charge in [-0.2, -0.15) is 0 Å². The number of piperidine rings is 1. The van der Waals surface area contributed by atoms with Crippen molar-refractivity contribution in [2.24, 2.45) is 0 Å². The van der Waals surface area contributed by atoms with Gasteiger partial charge in [-0.15, -0.1) is 0 Å². The number of carbonyl (C=O) groups is 3. The lowest BCUT2D eigenvalue weighted by Gasteiger charge is -2.30. The molecule has 0 aliphatic carbocycles. The monoisotopic (exact) mass is 408 g/mol. The number of carboxylic acid groups (broad SMARTS) is 1. The Kier molecular flexibility index (Phi) is 7.60. The number of anilines is 1. The van der Waals surface area contributed by atoms with Gasteiger partial charge in [-0.3, -0.25) is 9.59 Å². The van der Waals surface area contributed by atoms with Crippen LogP contribution in [0.25, 0.3) is 0 Å². The minimum Gasteiger partial charge on any atom is -0.465 e. The van der Waals surface area contributed by atoms with Crippen LogP contribution in [0.2, 0.25) is 0 Å². The van der Waals surface area contributed by atoms with Gasteiger partial charge >= 0.3 is 6.09 Å². The minimum absolute atomic E-state index is 0.0555. The second-order valence-corrected chi connectivity index (χ2v) is 7.71. The number of hydrogen-bond acceptors (Lipinski definition) is 3. The SMILES string of the molecule is O=C(CCCCC(=O)c1ccccc1)Nc1cccc(C2CCN(C(=O)O)CC2)c1. The molecule has 30 heavy (non-hydrogen) atoms. The lowest BCUT2D eigenvalue weighted by molar-refractivity contribution is -0.116. The second-order valence-electron chi connectivity index (χ2n) is 7.71. The van der Waals surface area contributed by atoms with Crippen molar-refractivity contribution in [3.05, 3.63) is 65.7 Å². The first-order valence-electron chi connectivity index (χ1n) is 10.5. The molecule has 0 bridgehead atoms. The van der Waals surface area contributed by atoms with E-state index < -0.39 is 6.09 Å². The molecule has 1 aliphatic rings. The van der Waals surface area contributed by atoms with Crippen LogP contribution in [0.1, 0.15) is 60.4 Å². The van der Waals surface area contributed by atoms with Gasteiger partial charge in [0.25, 0.3) is 0 Å². The highest BCUT2D eigenvalue weighted by Crippen LogP contribution is 2.29. The van der Waals surface area contributed by atoms with Crippen LogP contribution in [0.3, 0.4) is 0 Å². The lowest BCUT2D eigenvalue weighted by Crippen LogP contribution is -2.36. The standard InChI is InChI=1S/C24H28N2O4/c27-22(19-7-2-1-3-8-19)11-4-5-12-23(28)25-21-10-6-9-20(17-21)18-13-15-26(16-14-18)24(29)30/h1-3,6-10,17-18H,4-5,11-16H2,(H,25,28)(H,29,30). The predicted octanol–water partition coefficient (Wildman–Crippen LogP) is 4.93. The van der Waals surface area contributed by atoms with E-state index in [1.165, 1.54) is 4.90 Å². The van der Waals surface area contributed by atoms with Crippen LogP contribution in [0.15, 0.2) is 54.6 Å². The van der Waals surface area contributed by atoms with Gasteiger partial charge in [0, 0.05) is 37.2 Å². The number of nitrogens with zero attached hydrogens (tertiary/aromatic N) is 1. The van der Waals surface area contributed by atoms with Gasteiger partial charge in [0.1, 0.15) is 0 Å². The van der Waals surface area contributed by atoms with Crippen molar-refractivity contribution in [1.29, 1.82) is 0 Å². The zero-order chi connectivity index (χ0) is 21.3. The highest BCUT2D eigenvalue weighted by atomic mass is 16.4. The van der Waals surface area contributed by atoms with Crippen LogP contribution in [-0.2, 0) is 4.79 Å². The largest absolute Gasteiger partial charge is 0.465 e. The van der Waals surface area contributed by atoms with Crippen LogP contribution in [0.5, 0.6) is 0 Å². The topological polar surface area (TPSA) is 86.7 Å². The first-order chi connectivity index (χ1) is 14.5. The summed E-state index contributed by atoms with van der Waals surface area (Å²) in [6.45, 7) is 1.08. The molecular weight excluding hydrogens is 380 g/mol. The molecule has 1 heterocycles. The Morgan fingerprint density at radius 3 is 2.33 bits per heavy atom. The average Bonchev–Trinajstić information content (AvgIpc) is 2.77. The summed E-state index contributed by atoms with van der Waals surface area (Å²) in [6, 6.07) is 17.0. The van der Waals surface area contributed by atoms with Crippen molar-refractivity contribution >= 4 is 23.5 Å². The molecule has 2 aromatic carbocycles. The molecule has 6 heteroatoms. The Labute approximate surface area is 176 Å². The van der Waals surface area contributed by atoms with Crippen molar-refractivity contribution in [2.45, 2.75) is 44.4 Å². The number of carbonyl (C=O) groups excluding carboxylic acids is 2. The van der Waals surface area contributed by atoms with Crippen LogP contribution < -0.4 is 5.32 Å². The summed E-state index contributed by atoms with van der Waals surface area (Å²) in [5, 5.41) is 12.0. The number of likely N-dealkylation sites (tertiary alicyclic amines) is 1. The fourth-order valence-electron chi connectivity index (χ4n) is 3.84. The summed E-state index contributed by atoms with van der Waals surface area (Å²) < 4.78 is 0. The molecule has 0 aromatic heterocycles. The predicted molar refractivity (Wildman–Crippen MR) is 116 cm³/mol. The highest BCUT2D eigenvalue weighted by Gasteiger charge is 2.23. The summed E-state index contributed by atoms with van der Waals surface area (Å²) in [5.74, 6) is 0.360. The van der Waals surface area contributed by atoms with Crippen molar-refractivity contribution in [1.82, 2.24) is 4.90 Å². The molecular formula is C24H28N2O4. The van der Waals surface area contributed by atoms with Crippen molar-refractivity contribution < 1.29 is 19.5 Å². The van der Waals surface area contributed by atoms with E-state index in [2.05, 4.69) is 5.32 Å². The molecule has 1 saturated heterocycles. The molecule has 158 valence electrons. The Hall–Kier alpha value is -3.15. The number of rotatable bonds is 8. The van der Waals surface area contributed by atoms with E-state index in [1.54, 1.807) is 0 Å². The molecule has 1 aliphatic heterocycles. The van der Waals surface area contributed by atoms with Gasteiger partial charge < -0.3 is 15.3 Å². The smallest absolute Gasteiger partial charge is 0.407 e. The molecule has 2 aromatic rings. The Morgan fingerprint density at radius 2 is 1.63 bits per heavy atom. The summed E-state index contributed by atoms with van der Waals surface area (Å²) in [7, 11) is 0. The zero-order valence-electron chi connectivity index (χ0n) is 17.0. The molecule has 3 rings (SSSR count). The third-order valence-electron chi connectivity index (χ3n) is 5.56. The first kappa shape index (κ1) is 21.6. The molecule has 0 saturated carbocycles. The van der Waals surface area contributed by atoms with E-state index in [9.17, 15) is 14.4 Å².